The maximum atomic E-state index is 12.4. The van der Waals surface area contributed by atoms with E-state index in [1.807, 2.05) is 12.1 Å². The van der Waals surface area contributed by atoms with Gasteiger partial charge in [0.05, 0.1) is 0 Å². The van der Waals surface area contributed by atoms with Crippen LogP contribution in [0.2, 0.25) is 0 Å². The maximum Gasteiger partial charge on any atom is 0.255 e. The van der Waals surface area contributed by atoms with Crippen LogP contribution in [0.5, 0.6) is 0 Å². The fourth-order valence-electron chi connectivity index (χ4n) is 3.22. The standard InChI is InChI=1S/C20H21N3O2/c1-14-8-10-23(11-9-14)17-5-3-16(4-6-17)22-20(24)15-2-7-18-19(12-15)25-13-21-18/h2-7,12-14H,8-11H2,1H3,(H,22,24). The van der Waals surface area contributed by atoms with Crippen molar-refractivity contribution in [3.63, 3.8) is 0 Å². The Labute approximate surface area is 146 Å². The molecule has 25 heavy (non-hydrogen) atoms. The van der Waals surface area contributed by atoms with E-state index >= 15 is 0 Å². The van der Waals surface area contributed by atoms with E-state index < -0.39 is 0 Å². The molecule has 5 heteroatoms. The van der Waals surface area contributed by atoms with E-state index in [0.717, 1.165) is 30.2 Å². The van der Waals surface area contributed by atoms with Crippen LogP contribution < -0.4 is 10.2 Å². The minimum Gasteiger partial charge on any atom is -0.443 e. The summed E-state index contributed by atoms with van der Waals surface area (Å²) in [5.41, 5.74) is 3.92. The molecule has 0 atom stereocenters. The fraction of sp³-hybridized carbons (Fsp3) is 0.300. The monoisotopic (exact) mass is 335 g/mol. The molecule has 0 aliphatic carbocycles. The van der Waals surface area contributed by atoms with Gasteiger partial charge >= 0.3 is 0 Å². The Morgan fingerprint density at radius 1 is 1.16 bits per heavy atom. The third-order valence-corrected chi connectivity index (χ3v) is 4.87. The van der Waals surface area contributed by atoms with Crippen LogP contribution in [0.4, 0.5) is 11.4 Å². The Kier molecular flexibility index (Phi) is 4.14. The number of benzene rings is 2. The number of carbonyl (C=O) groups is 1. The lowest BCUT2D eigenvalue weighted by molar-refractivity contribution is 0.102. The van der Waals surface area contributed by atoms with Crippen molar-refractivity contribution in [1.29, 1.82) is 0 Å². The third-order valence-electron chi connectivity index (χ3n) is 4.87. The van der Waals surface area contributed by atoms with Crippen molar-refractivity contribution in [2.75, 3.05) is 23.3 Å². The number of nitrogens with zero attached hydrogens (tertiary/aromatic N) is 2. The van der Waals surface area contributed by atoms with E-state index in [9.17, 15) is 4.79 Å². The molecule has 1 aliphatic rings. The minimum absolute atomic E-state index is 0.155. The first kappa shape index (κ1) is 15.7. The quantitative estimate of drug-likeness (QED) is 0.774. The summed E-state index contributed by atoms with van der Waals surface area (Å²) in [6, 6.07) is 13.3. The number of oxazole rings is 1. The number of carbonyl (C=O) groups excluding carboxylic acids is 1. The normalized spacial score (nSPS) is 15.5. The van der Waals surface area contributed by atoms with E-state index in [1.165, 1.54) is 24.9 Å². The fourth-order valence-corrected chi connectivity index (χ4v) is 3.22. The number of piperidine rings is 1. The first-order valence-corrected chi connectivity index (χ1v) is 8.69. The first-order chi connectivity index (χ1) is 12.2. The molecule has 0 bridgehead atoms. The van der Waals surface area contributed by atoms with Gasteiger partial charge in [-0.1, -0.05) is 6.92 Å². The summed E-state index contributed by atoms with van der Waals surface area (Å²) in [7, 11) is 0. The SMILES string of the molecule is CC1CCN(c2ccc(NC(=O)c3ccc4ncoc4c3)cc2)CC1. The van der Waals surface area contributed by atoms with Crippen LogP contribution in [0.3, 0.4) is 0 Å². The van der Waals surface area contributed by atoms with Crippen molar-refractivity contribution in [2.24, 2.45) is 5.92 Å². The largest absolute Gasteiger partial charge is 0.443 e. The van der Waals surface area contributed by atoms with Gasteiger partial charge in [0.25, 0.3) is 5.91 Å². The Bertz CT molecular complexity index is 877. The molecule has 1 fully saturated rings. The van der Waals surface area contributed by atoms with Gasteiger partial charge in [0.1, 0.15) is 5.52 Å². The summed E-state index contributed by atoms with van der Waals surface area (Å²) >= 11 is 0. The zero-order chi connectivity index (χ0) is 17.2. The number of rotatable bonds is 3. The zero-order valence-corrected chi connectivity index (χ0v) is 14.2. The van der Waals surface area contributed by atoms with Gasteiger partial charge in [-0.25, -0.2) is 4.98 Å². The van der Waals surface area contributed by atoms with E-state index in [-0.39, 0.29) is 5.91 Å². The number of anilines is 2. The summed E-state index contributed by atoms with van der Waals surface area (Å²) < 4.78 is 5.25. The Morgan fingerprint density at radius 2 is 1.92 bits per heavy atom. The molecule has 0 unspecified atom stereocenters. The molecule has 1 saturated heterocycles. The lowest BCUT2D eigenvalue weighted by Gasteiger charge is -2.32. The molecule has 1 N–H and O–H groups in total. The summed E-state index contributed by atoms with van der Waals surface area (Å²) in [6.45, 7) is 4.51. The molecule has 2 heterocycles. The molecular weight excluding hydrogens is 314 g/mol. The van der Waals surface area contributed by atoms with Gasteiger partial charge in [0.2, 0.25) is 0 Å². The Morgan fingerprint density at radius 3 is 2.68 bits per heavy atom. The van der Waals surface area contributed by atoms with Gasteiger partial charge in [-0.15, -0.1) is 0 Å². The van der Waals surface area contributed by atoms with Crippen molar-refractivity contribution in [3.8, 4) is 0 Å². The highest BCUT2D eigenvalue weighted by molar-refractivity contribution is 6.05. The topological polar surface area (TPSA) is 58.4 Å². The Balaban J connectivity index is 1.44. The highest BCUT2D eigenvalue weighted by atomic mass is 16.3. The molecule has 1 aliphatic heterocycles. The van der Waals surface area contributed by atoms with Crippen molar-refractivity contribution in [2.45, 2.75) is 19.8 Å². The van der Waals surface area contributed by atoms with E-state index in [2.05, 4.69) is 34.3 Å². The number of aromatic nitrogens is 1. The molecule has 128 valence electrons. The summed E-state index contributed by atoms with van der Waals surface area (Å²) in [5.74, 6) is 0.661. The van der Waals surface area contributed by atoms with Crippen LogP contribution in [0.1, 0.15) is 30.1 Å². The van der Waals surface area contributed by atoms with Crippen LogP contribution in [-0.4, -0.2) is 24.0 Å². The average molecular weight is 335 g/mol. The third kappa shape index (κ3) is 3.36. The van der Waals surface area contributed by atoms with Crippen molar-refractivity contribution >= 4 is 28.4 Å². The second-order valence-corrected chi connectivity index (χ2v) is 6.71. The summed E-state index contributed by atoms with van der Waals surface area (Å²) in [5, 5.41) is 2.93. The molecule has 2 aromatic carbocycles. The van der Waals surface area contributed by atoms with Crippen LogP contribution in [-0.2, 0) is 0 Å². The maximum absolute atomic E-state index is 12.4. The Hall–Kier alpha value is -2.82. The van der Waals surface area contributed by atoms with Crippen LogP contribution >= 0.6 is 0 Å². The van der Waals surface area contributed by atoms with E-state index in [0.29, 0.717) is 11.1 Å². The lowest BCUT2D eigenvalue weighted by atomic mass is 9.99. The molecule has 5 nitrogen and oxygen atoms in total. The molecule has 3 aromatic rings. The van der Waals surface area contributed by atoms with Crippen LogP contribution in [0.25, 0.3) is 11.1 Å². The molecular formula is C20H21N3O2. The summed E-state index contributed by atoms with van der Waals surface area (Å²) in [4.78, 5) is 18.9. The van der Waals surface area contributed by atoms with Gasteiger partial charge in [0.15, 0.2) is 12.0 Å². The minimum atomic E-state index is -0.155. The lowest BCUT2D eigenvalue weighted by Crippen LogP contribution is -2.32. The van der Waals surface area contributed by atoms with E-state index in [1.54, 1.807) is 18.2 Å². The van der Waals surface area contributed by atoms with Gasteiger partial charge in [-0.3, -0.25) is 4.79 Å². The highest BCUT2D eigenvalue weighted by Crippen LogP contribution is 2.24. The van der Waals surface area contributed by atoms with Crippen molar-refractivity contribution in [3.05, 3.63) is 54.4 Å². The predicted molar refractivity (Wildman–Crippen MR) is 99.0 cm³/mol. The second-order valence-electron chi connectivity index (χ2n) is 6.71. The van der Waals surface area contributed by atoms with Crippen LogP contribution in [0.15, 0.2) is 53.3 Å². The van der Waals surface area contributed by atoms with E-state index in [4.69, 9.17) is 4.42 Å². The van der Waals surface area contributed by atoms with Gasteiger partial charge in [-0.2, -0.15) is 0 Å². The first-order valence-electron chi connectivity index (χ1n) is 8.69. The predicted octanol–water partition coefficient (Wildman–Crippen LogP) is 4.32. The number of fused-ring (bicyclic) bond motifs is 1. The van der Waals surface area contributed by atoms with Crippen molar-refractivity contribution < 1.29 is 9.21 Å². The summed E-state index contributed by atoms with van der Waals surface area (Å²) in [6.07, 6.45) is 3.86. The second kappa shape index (κ2) is 6.59. The molecule has 0 radical (unpaired) electrons. The number of nitrogens with one attached hydrogen (secondary N) is 1. The average Bonchev–Trinajstić information content (AvgIpc) is 3.11. The van der Waals surface area contributed by atoms with Crippen molar-refractivity contribution in [1.82, 2.24) is 4.98 Å². The molecule has 1 amide bonds. The molecule has 0 saturated carbocycles. The van der Waals surface area contributed by atoms with Gasteiger partial charge in [0, 0.05) is 30.0 Å². The molecule has 4 rings (SSSR count). The van der Waals surface area contributed by atoms with Gasteiger partial charge < -0.3 is 14.6 Å². The highest BCUT2D eigenvalue weighted by Gasteiger charge is 2.16. The number of hydrogen-bond acceptors (Lipinski definition) is 4. The molecule has 1 aromatic heterocycles. The van der Waals surface area contributed by atoms with Crippen LogP contribution in [0, 0.1) is 5.92 Å². The number of hydrogen-bond donors (Lipinski definition) is 1. The smallest absolute Gasteiger partial charge is 0.255 e. The van der Waals surface area contributed by atoms with Gasteiger partial charge in [-0.05, 0) is 61.2 Å². The zero-order valence-electron chi connectivity index (χ0n) is 14.2. The number of amides is 1. The molecule has 0 spiro atoms.